The Bertz CT molecular complexity index is 626. The zero-order chi connectivity index (χ0) is 14.8. The Labute approximate surface area is 131 Å². The van der Waals surface area contributed by atoms with Crippen molar-refractivity contribution in [3.05, 3.63) is 41.0 Å². The Morgan fingerprint density at radius 2 is 2.10 bits per heavy atom. The van der Waals surface area contributed by atoms with Crippen LogP contribution in [0.25, 0.3) is 10.9 Å². The Balaban J connectivity index is 1.75. The molecule has 3 atom stereocenters. The summed E-state index contributed by atoms with van der Waals surface area (Å²) in [6, 6.07) is 8.68. The molecule has 1 fully saturated rings. The fraction of sp³-hybridized carbons (Fsp3) is 0.500. The summed E-state index contributed by atoms with van der Waals surface area (Å²) in [7, 11) is 0. The average Bonchev–Trinajstić information content (AvgIpc) is 2.48. The molecule has 112 valence electrons. The van der Waals surface area contributed by atoms with E-state index in [9.17, 15) is 0 Å². The van der Waals surface area contributed by atoms with E-state index in [1.807, 2.05) is 24.4 Å². The van der Waals surface area contributed by atoms with Gasteiger partial charge in [0.15, 0.2) is 0 Å². The van der Waals surface area contributed by atoms with E-state index >= 15 is 0 Å². The molecule has 0 radical (unpaired) electrons. The molecule has 21 heavy (non-hydrogen) atoms. The number of hydrogen-bond donors (Lipinski definition) is 1. The summed E-state index contributed by atoms with van der Waals surface area (Å²) in [4.78, 5) is 4.51. The van der Waals surface area contributed by atoms with Gasteiger partial charge in [0.25, 0.3) is 0 Å². The minimum Gasteiger partial charge on any atom is -0.310 e. The number of nitrogens with one attached hydrogen (secondary N) is 1. The zero-order valence-electron chi connectivity index (χ0n) is 12.8. The van der Waals surface area contributed by atoms with Crippen LogP contribution in [0.3, 0.4) is 0 Å². The minimum atomic E-state index is 0.621. The van der Waals surface area contributed by atoms with Crippen molar-refractivity contribution >= 4 is 22.5 Å². The van der Waals surface area contributed by atoms with Crippen molar-refractivity contribution in [1.29, 1.82) is 0 Å². The van der Waals surface area contributed by atoms with Gasteiger partial charge in [0.1, 0.15) is 0 Å². The van der Waals surface area contributed by atoms with Crippen LogP contribution >= 0.6 is 11.6 Å². The first-order valence-corrected chi connectivity index (χ1v) is 8.28. The molecule has 1 aromatic heterocycles. The number of nitrogens with zero attached hydrogens (tertiary/aromatic N) is 1. The van der Waals surface area contributed by atoms with Gasteiger partial charge in [-0.05, 0) is 54.9 Å². The lowest BCUT2D eigenvalue weighted by Gasteiger charge is -2.33. The van der Waals surface area contributed by atoms with Crippen LogP contribution in [0.2, 0.25) is 5.02 Å². The molecule has 1 aliphatic carbocycles. The number of aromatic nitrogens is 1. The highest BCUT2D eigenvalue weighted by molar-refractivity contribution is 6.35. The zero-order valence-corrected chi connectivity index (χ0v) is 13.5. The number of fused-ring (bicyclic) bond motifs is 1. The molecule has 0 spiro atoms. The third-order valence-electron chi connectivity index (χ3n) is 4.79. The van der Waals surface area contributed by atoms with Crippen LogP contribution in [-0.4, -0.2) is 11.0 Å². The fourth-order valence-corrected chi connectivity index (χ4v) is 3.76. The molecule has 3 heteroatoms. The van der Waals surface area contributed by atoms with E-state index < -0.39 is 0 Å². The first-order valence-electron chi connectivity index (χ1n) is 7.90. The van der Waals surface area contributed by atoms with Gasteiger partial charge in [-0.2, -0.15) is 0 Å². The molecule has 1 N–H and O–H groups in total. The molecule has 2 aromatic rings. The van der Waals surface area contributed by atoms with Gasteiger partial charge in [0.2, 0.25) is 0 Å². The lowest BCUT2D eigenvalue weighted by atomic mass is 9.80. The summed E-state index contributed by atoms with van der Waals surface area (Å²) >= 11 is 6.26. The number of pyridine rings is 1. The largest absolute Gasteiger partial charge is 0.310 e. The van der Waals surface area contributed by atoms with E-state index in [0.29, 0.717) is 6.04 Å². The molecule has 0 aliphatic heterocycles. The van der Waals surface area contributed by atoms with E-state index in [-0.39, 0.29) is 0 Å². The summed E-state index contributed by atoms with van der Waals surface area (Å²) in [6.07, 6.45) is 5.78. The van der Waals surface area contributed by atoms with E-state index in [4.69, 9.17) is 11.6 Å². The van der Waals surface area contributed by atoms with Crippen molar-refractivity contribution in [2.45, 2.75) is 45.7 Å². The Hall–Kier alpha value is -1.12. The summed E-state index contributed by atoms with van der Waals surface area (Å²) in [5, 5.41) is 5.56. The molecule has 1 aliphatic rings. The molecule has 1 heterocycles. The van der Waals surface area contributed by atoms with Crippen molar-refractivity contribution in [3.8, 4) is 0 Å². The fourth-order valence-electron chi connectivity index (χ4n) is 3.55. The topological polar surface area (TPSA) is 24.9 Å². The molecule has 3 unspecified atom stereocenters. The summed E-state index contributed by atoms with van der Waals surface area (Å²) < 4.78 is 0. The predicted octanol–water partition coefficient (Wildman–Crippen LogP) is 4.80. The van der Waals surface area contributed by atoms with E-state index in [1.165, 1.54) is 24.8 Å². The van der Waals surface area contributed by atoms with Gasteiger partial charge >= 0.3 is 0 Å². The first-order chi connectivity index (χ1) is 10.1. The highest BCUT2D eigenvalue weighted by Gasteiger charge is 2.24. The van der Waals surface area contributed by atoms with Gasteiger partial charge < -0.3 is 5.32 Å². The predicted molar refractivity (Wildman–Crippen MR) is 89.6 cm³/mol. The molecule has 0 saturated heterocycles. The van der Waals surface area contributed by atoms with Crippen LogP contribution in [0, 0.1) is 11.8 Å². The summed E-state index contributed by atoms with van der Waals surface area (Å²) in [6.45, 7) is 5.60. The molecule has 1 saturated carbocycles. The molecule has 0 bridgehead atoms. The monoisotopic (exact) mass is 302 g/mol. The first kappa shape index (κ1) is 14.8. The van der Waals surface area contributed by atoms with Crippen molar-refractivity contribution in [1.82, 2.24) is 10.3 Å². The second kappa shape index (κ2) is 6.33. The van der Waals surface area contributed by atoms with Gasteiger partial charge in [-0.1, -0.05) is 31.5 Å². The van der Waals surface area contributed by atoms with E-state index in [1.54, 1.807) is 0 Å². The highest BCUT2D eigenvalue weighted by Crippen LogP contribution is 2.29. The summed E-state index contributed by atoms with van der Waals surface area (Å²) in [5.74, 6) is 1.62. The van der Waals surface area contributed by atoms with Gasteiger partial charge in [-0.3, -0.25) is 4.98 Å². The lowest BCUT2D eigenvalue weighted by molar-refractivity contribution is 0.227. The van der Waals surface area contributed by atoms with Gasteiger partial charge in [-0.15, -0.1) is 0 Å². The van der Waals surface area contributed by atoms with E-state index in [2.05, 4.69) is 30.2 Å². The van der Waals surface area contributed by atoms with Crippen LogP contribution in [0.5, 0.6) is 0 Å². The molecular formula is C18H23ClN2. The molecule has 3 rings (SSSR count). The summed E-state index contributed by atoms with van der Waals surface area (Å²) in [5.41, 5.74) is 2.26. The molecule has 0 amide bonds. The Kier molecular flexibility index (Phi) is 4.46. The van der Waals surface area contributed by atoms with Gasteiger partial charge in [-0.25, -0.2) is 0 Å². The van der Waals surface area contributed by atoms with Crippen molar-refractivity contribution < 1.29 is 0 Å². The SMILES string of the molecule is CC1CCC(NCc2ccc(Cl)c3cccnc23)C(C)C1. The Morgan fingerprint density at radius 3 is 2.90 bits per heavy atom. The third kappa shape index (κ3) is 3.22. The van der Waals surface area contributed by atoms with Crippen LogP contribution in [0.1, 0.15) is 38.7 Å². The van der Waals surface area contributed by atoms with Crippen LogP contribution in [0.4, 0.5) is 0 Å². The van der Waals surface area contributed by atoms with E-state index in [0.717, 1.165) is 34.3 Å². The van der Waals surface area contributed by atoms with Crippen LogP contribution in [-0.2, 0) is 6.54 Å². The second-order valence-corrected chi connectivity index (χ2v) is 6.90. The van der Waals surface area contributed by atoms with Crippen LogP contribution in [0.15, 0.2) is 30.5 Å². The third-order valence-corrected chi connectivity index (χ3v) is 5.12. The van der Waals surface area contributed by atoms with Crippen molar-refractivity contribution in [2.24, 2.45) is 11.8 Å². The van der Waals surface area contributed by atoms with Crippen molar-refractivity contribution in [2.75, 3.05) is 0 Å². The molecular weight excluding hydrogens is 280 g/mol. The van der Waals surface area contributed by atoms with Crippen LogP contribution < -0.4 is 5.32 Å². The van der Waals surface area contributed by atoms with Crippen molar-refractivity contribution in [3.63, 3.8) is 0 Å². The number of hydrogen-bond acceptors (Lipinski definition) is 2. The lowest BCUT2D eigenvalue weighted by Crippen LogP contribution is -2.38. The minimum absolute atomic E-state index is 0.621. The standard InChI is InChI=1S/C18H23ClN2/c1-12-5-8-17(13(2)10-12)21-11-14-6-7-16(19)15-4-3-9-20-18(14)15/h3-4,6-7,9,12-13,17,21H,5,8,10-11H2,1-2H3. The normalized spacial score (nSPS) is 26.1. The number of benzene rings is 1. The maximum atomic E-state index is 6.26. The maximum Gasteiger partial charge on any atom is 0.0761 e. The smallest absolute Gasteiger partial charge is 0.0761 e. The number of halogens is 1. The maximum absolute atomic E-state index is 6.26. The molecule has 2 nitrogen and oxygen atoms in total. The Morgan fingerprint density at radius 1 is 1.24 bits per heavy atom. The highest BCUT2D eigenvalue weighted by atomic mass is 35.5. The van der Waals surface area contributed by atoms with Gasteiger partial charge in [0.05, 0.1) is 5.52 Å². The number of rotatable bonds is 3. The molecule has 1 aromatic carbocycles. The quantitative estimate of drug-likeness (QED) is 0.880. The second-order valence-electron chi connectivity index (χ2n) is 6.49. The van der Waals surface area contributed by atoms with Gasteiger partial charge in [0, 0.05) is 29.2 Å². The average molecular weight is 303 g/mol.